The van der Waals surface area contributed by atoms with Crippen LogP contribution in [0.5, 0.6) is 0 Å². The Labute approximate surface area is 145 Å². The lowest BCUT2D eigenvalue weighted by atomic mass is 10.00. The first-order chi connectivity index (χ1) is 11.7. The van der Waals surface area contributed by atoms with Gasteiger partial charge in [0.15, 0.2) is 4.96 Å². The Morgan fingerprint density at radius 1 is 1.38 bits per heavy atom. The first kappa shape index (κ1) is 15.5. The number of piperidine rings is 1. The molecule has 0 amide bonds. The van der Waals surface area contributed by atoms with Crippen LogP contribution in [0.3, 0.4) is 0 Å². The minimum atomic E-state index is 0.390. The lowest BCUT2D eigenvalue weighted by Gasteiger charge is -2.30. The van der Waals surface area contributed by atoms with Crippen LogP contribution >= 0.6 is 11.3 Å². The lowest BCUT2D eigenvalue weighted by Crippen LogP contribution is -2.46. The normalized spacial score (nSPS) is 21.2. The summed E-state index contributed by atoms with van der Waals surface area (Å²) in [5, 5.41) is 7.04. The Balaban J connectivity index is 1.62. The summed E-state index contributed by atoms with van der Waals surface area (Å²) in [4.78, 5) is 16.0. The Hall–Kier alpha value is -1.99. The van der Waals surface area contributed by atoms with Gasteiger partial charge in [-0.1, -0.05) is 6.92 Å². The molecule has 0 spiro atoms. The molecule has 1 saturated heterocycles. The van der Waals surface area contributed by atoms with Crippen molar-refractivity contribution in [2.24, 2.45) is 0 Å². The van der Waals surface area contributed by atoms with Crippen LogP contribution in [0.25, 0.3) is 16.3 Å². The van der Waals surface area contributed by atoms with E-state index >= 15 is 0 Å². The van der Waals surface area contributed by atoms with Crippen molar-refractivity contribution in [3.63, 3.8) is 0 Å². The third kappa shape index (κ3) is 2.89. The van der Waals surface area contributed by atoms with Gasteiger partial charge in [0, 0.05) is 23.2 Å². The van der Waals surface area contributed by atoms with Crippen molar-refractivity contribution in [3.8, 4) is 11.4 Å². The van der Waals surface area contributed by atoms with E-state index in [1.807, 2.05) is 6.20 Å². The molecule has 1 aliphatic rings. The molecule has 3 aromatic rings. The maximum absolute atomic E-state index is 4.77. The first-order valence-corrected chi connectivity index (χ1v) is 9.34. The number of fused-ring (bicyclic) bond motifs is 1. The number of aryl methyl sites for hydroxylation is 1. The summed E-state index contributed by atoms with van der Waals surface area (Å²) in [6, 6.07) is 0.830. The number of thiazole rings is 1. The van der Waals surface area contributed by atoms with Crippen LogP contribution in [0.1, 0.15) is 31.6 Å². The molecule has 3 aromatic heterocycles. The number of nitrogens with zero attached hydrogens (tertiary/aromatic N) is 4. The quantitative estimate of drug-likeness (QED) is 0.763. The molecule has 0 saturated carbocycles. The van der Waals surface area contributed by atoms with Gasteiger partial charge in [-0.3, -0.25) is 9.38 Å². The van der Waals surface area contributed by atoms with Crippen LogP contribution in [-0.2, 0) is 6.42 Å². The lowest BCUT2D eigenvalue weighted by molar-refractivity contribution is 0.388. The van der Waals surface area contributed by atoms with Gasteiger partial charge in [0.25, 0.3) is 0 Å². The Bertz CT molecular complexity index is 839. The molecule has 1 aliphatic heterocycles. The van der Waals surface area contributed by atoms with E-state index < -0.39 is 0 Å². The number of imidazole rings is 1. The Morgan fingerprint density at radius 3 is 3.12 bits per heavy atom. The van der Waals surface area contributed by atoms with E-state index in [2.05, 4.69) is 45.0 Å². The second-order valence-electron chi connectivity index (χ2n) is 6.27. The summed E-state index contributed by atoms with van der Waals surface area (Å²) in [7, 11) is 0. The number of aromatic nitrogens is 4. The maximum atomic E-state index is 4.77. The van der Waals surface area contributed by atoms with Crippen molar-refractivity contribution in [1.29, 1.82) is 0 Å². The molecular weight excluding hydrogens is 320 g/mol. The van der Waals surface area contributed by atoms with Gasteiger partial charge in [0.1, 0.15) is 11.5 Å². The van der Waals surface area contributed by atoms with Gasteiger partial charge >= 0.3 is 0 Å². The van der Waals surface area contributed by atoms with Crippen molar-refractivity contribution in [3.05, 3.63) is 29.7 Å². The second-order valence-corrected chi connectivity index (χ2v) is 7.37. The fourth-order valence-electron chi connectivity index (χ4n) is 3.17. The van der Waals surface area contributed by atoms with E-state index in [-0.39, 0.29) is 0 Å². The number of hydrogen-bond acceptors (Lipinski definition) is 6. The van der Waals surface area contributed by atoms with Gasteiger partial charge in [-0.05, 0) is 32.7 Å². The van der Waals surface area contributed by atoms with Crippen LogP contribution in [-0.4, -0.2) is 38.0 Å². The smallest absolute Gasteiger partial charge is 0.194 e. The van der Waals surface area contributed by atoms with Crippen LogP contribution in [0.4, 0.5) is 5.82 Å². The molecule has 6 nitrogen and oxygen atoms in total. The SMILES string of the molecule is CCc1cn2c(-c3cncc(N[C@@H]4CCCN[C@H]4C)n3)cnc2s1. The molecule has 2 N–H and O–H groups in total. The van der Waals surface area contributed by atoms with Gasteiger partial charge in [-0.15, -0.1) is 11.3 Å². The predicted molar refractivity (Wildman–Crippen MR) is 97.6 cm³/mol. The summed E-state index contributed by atoms with van der Waals surface area (Å²) < 4.78 is 2.11. The number of nitrogens with one attached hydrogen (secondary N) is 2. The first-order valence-electron chi connectivity index (χ1n) is 8.52. The van der Waals surface area contributed by atoms with Crippen LogP contribution < -0.4 is 10.6 Å². The molecule has 1 fully saturated rings. The van der Waals surface area contributed by atoms with Gasteiger partial charge in [-0.2, -0.15) is 0 Å². The molecule has 24 heavy (non-hydrogen) atoms. The standard InChI is InChI=1S/C17H22N6S/c1-3-12-10-23-15(8-20-17(23)24-12)14-7-18-9-16(22-14)21-13-5-4-6-19-11(13)2/h7-11,13,19H,3-6H2,1-2H3,(H,21,22)/t11-,13+/m0/s1. The minimum Gasteiger partial charge on any atom is -0.364 e. The Morgan fingerprint density at radius 2 is 2.29 bits per heavy atom. The van der Waals surface area contributed by atoms with Gasteiger partial charge in [0.2, 0.25) is 0 Å². The molecule has 4 heterocycles. The summed E-state index contributed by atoms with van der Waals surface area (Å²) in [5.74, 6) is 0.828. The summed E-state index contributed by atoms with van der Waals surface area (Å²) in [6.07, 6.45) is 11.0. The molecule has 7 heteroatoms. The monoisotopic (exact) mass is 342 g/mol. The maximum Gasteiger partial charge on any atom is 0.194 e. The summed E-state index contributed by atoms with van der Waals surface area (Å²) in [5.41, 5.74) is 1.84. The zero-order chi connectivity index (χ0) is 16.5. The highest BCUT2D eigenvalue weighted by Crippen LogP contribution is 2.25. The highest BCUT2D eigenvalue weighted by molar-refractivity contribution is 7.17. The number of rotatable bonds is 4. The van der Waals surface area contributed by atoms with Crippen LogP contribution in [0, 0.1) is 0 Å². The van der Waals surface area contributed by atoms with Crippen molar-refractivity contribution in [2.75, 3.05) is 11.9 Å². The molecule has 0 radical (unpaired) electrons. The largest absolute Gasteiger partial charge is 0.364 e. The molecule has 126 valence electrons. The highest BCUT2D eigenvalue weighted by atomic mass is 32.1. The van der Waals surface area contributed by atoms with E-state index in [0.717, 1.165) is 41.6 Å². The van der Waals surface area contributed by atoms with Gasteiger partial charge in [0.05, 0.1) is 24.3 Å². The topological polar surface area (TPSA) is 67.1 Å². The average Bonchev–Trinajstić information content (AvgIpc) is 3.17. The molecule has 2 atom stereocenters. The highest BCUT2D eigenvalue weighted by Gasteiger charge is 2.21. The van der Waals surface area contributed by atoms with Crippen LogP contribution in [0.2, 0.25) is 0 Å². The third-order valence-corrected chi connectivity index (χ3v) is 5.74. The van der Waals surface area contributed by atoms with E-state index in [1.165, 1.54) is 11.3 Å². The summed E-state index contributed by atoms with van der Waals surface area (Å²) >= 11 is 1.73. The van der Waals surface area contributed by atoms with E-state index in [4.69, 9.17) is 4.98 Å². The predicted octanol–water partition coefficient (Wildman–Crippen LogP) is 2.97. The van der Waals surface area contributed by atoms with E-state index in [9.17, 15) is 0 Å². The molecular formula is C17H22N6S. The molecule has 4 rings (SSSR count). The second kappa shape index (κ2) is 6.49. The van der Waals surface area contributed by atoms with Crippen LogP contribution in [0.15, 0.2) is 24.8 Å². The van der Waals surface area contributed by atoms with E-state index in [0.29, 0.717) is 12.1 Å². The van der Waals surface area contributed by atoms with Crippen molar-refractivity contribution in [2.45, 2.75) is 45.2 Å². The van der Waals surface area contributed by atoms with Crippen molar-refractivity contribution >= 4 is 22.1 Å². The zero-order valence-electron chi connectivity index (χ0n) is 14.0. The summed E-state index contributed by atoms with van der Waals surface area (Å²) in [6.45, 7) is 5.47. The fourth-order valence-corrected chi connectivity index (χ4v) is 4.07. The Kier molecular flexibility index (Phi) is 4.20. The zero-order valence-corrected chi connectivity index (χ0v) is 14.8. The number of hydrogen-bond donors (Lipinski definition) is 2. The third-order valence-electron chi connectivity index (χ3n) is 4.60. The van der Waals surface area contributed by atoms with Crippen molar-refractivity contribution in [1.82, 2.24) is 24.7 Å². The van der Waals surface area contributed by atoms with Gasteiger partial charge < -0.3 is 10.6 Å². The molecule has 0 aliphatic carbocycles. The van der Waals surface area contributed by atoms with Gasteiger partial charge in [-0.25, -0.2) is 9.97 Å². The number of anilines is 1. The van der Waals surface area contributed by atoms with E-state index in [1.54, 1.807) is 23.7 Å². The molecule has 0 aromatic carbocycles. The minimum absolute atomic E-state index is 0.390. The molecule has 0 unspecified atom stereocenters. The van der Waals surface area contributed by atoms with Crippen molar-refractivity contribution < 1.29 is 0 Å². The molecule has 0 bridgehead atoms. The fraction of sp³-hybridized carbons (Fsp3) is 0.471. The average molecular weight is 342 g/mol.